The van der Waals surface area contributed by atoms with Crippen molar-refractivity contribution >= 4 is 22.4 Å². The number of piperidine rings is 1. The maximum Gasteiger partial charge on any atom is 0.252 e. The van der Waals surface area contributed by atoms with Crippen LogP contribution in [0.3, 0.4) is 0 Å². The van der Waals surface area contributed by atoms with Crippen LogP contribution in [0.15, 0.2) is 41.3 Å². The van der Waals surface area contributed by atoms with Gasteiger partial charge in [-0.1, -0.05) is 6.42 Å². The molecule has 0 saturated carbocycles. The molecule has 0 aliphatic carbocycles. The molecule has 7 nitrogen and oxygen atoms in total. The van der Waals surface area contributed by atoms with Crippen molar-refractivity contribution in [2.75, 3.05) is 31.6 Å². The lowest BCUT2D eigenvalue weighted by Gasteiger charge is -2.27. The van der Waals surface area contributed by atoms with Gasteiger partial charge in [-0.05, 0) is 50.6 Å². The lowest BCUT2D eigenvalue weighted by Crippen LogP contribution is -2.35. The summed E-state index contributed by atoms with van der Waals surface area (Å²) < 4.78 is 21.4. The zero-order chi connectivity index (χ0) is 21.8. The van der Waals surface area contributed by atoms with Crippen LogP contribution in [0.25, 0.3) is 10.9 Å². The second-order valence-corrected chi connectivity index (χ2v) is 7.91. The fraction of sp³-hybridized carbons (Fsp3) is 0.391. The van der Waals surface area contributed by atoms with Crippen molar-refractivity contribution in [3.63, 3.8) is 0 Å². The molecular weight excluding hydrogens is 397 g/mol. The maximum absolute atomic E-state index is 14.3. The van der Waals surface area contributed by atoms with Gasteiger partial charge < -0.3 is 15.8 Å². The van der Waals surface area contributed by atoms with E-state index in [-0.39, 0.29) is 17.9 Å². The first-order valence-electron chi connectivity index (χ1n) is 10.7. The fourth-order valence-corrected chi connectivity index (χ4v) is 3.96. The van der Waals surface area contributed by atoms with Gasteiger partial charge in [0, 0.05) is 42.0 Å². The third-order valence-corrected chi connectivity index (χ3v) is 5.57. The van der Waals surface area contributed by atoms with Crippen molar-refractivity contribution in [2.24, 2.45) is 5.73 Å². The summed E-state index contributed by atoms with van der Waals surface area (Å²) in [5, 5.41) is 4.06. The first-order chi connectivity index (χ1) is 15.0. The van der Waals surface area contributed by atoms with Crippen LogP contribution in [0.1, 0.15) is 24.8 Å². The monoisotopic (exact) mass is 425 g/mol. The minimum atomic E-state index is -0.475. The Morgan fingerprint density at radius 2 is 2.00 bits per heavy atom. The highest BCUT2D eigenvalue weighted by atomic mass is 19.1. The molecule has 3 aromatic rings. The molecule has 0 amide bonds. The number of pyridine rings is 2. The van der Waals surface area contributed by atoms with Gasteiger partial charge in [-0.2, -0.15) is 0 Å². The van der Waals surface area contributed by atoms with Crippen LogP contribution in [0.2, 0.25) is 0 Å². The second kappa shape index (κ2) is 9.45. The normalized spacial score (nSPS) is 14.7. The van der Waals surface area contributed by atoms with Gasteiger partial charge in [0.2, 0.25) is 0 Å². The Labute approximate surface area is 180 Å². The van der Waals surface area contributed by atoms with E-state index in [2.05, 4.69) is 15.2 Å². The van der Waals surface area contributed by atoms with E-state index in [1.54, 1.807) is 29.0 Å². The van der Waals surface area contributed by atoms with E-state index >= 15 is 0 Å². The zero-order valence-electron chi connectivity index (χ0n) is 17.7. The average Bonchev–Trinajstić information content (AvgIpc) is 2.77. The molecule has 1 fully saturated rings. The molecule has 1 aliphatic rings. The molecule has 0 atom stereocenters. The maximum atomic E-state index is 14.3. The van der Waals surface area contributed by atoms with E-state index in [0.717, 1.165) is 42.4 Å². The van der Waals surface area contributed by atoms with Crippen LogP contribution >= 0.6 is 0 Å². The summed E-state index contributed by atoms with van der Waals surface area (Å²) in [4.78, 5) is 19.6. The third kappa shape index (κ3) is 4.86. The molecule has 2 aromatic heterocycles. The second-order valence-electron chi connectivity index (χ2n) is 7.91. The lowest BCUT2D eigenvalue weighted by atomic mass is 10.1. The highest BCUT2D eigenvalue weighted by molar-refractivity contribution is 5.84. The Balaban J connectivity index is 1.64. The van der Waals surface area contributed by atoms with E-state index < -0.39 is 5.82 Å². The largest absolute Gasteiger partial charge is 0.489 e. The predicted octanol–water partition coefficient (Wildman–Crippen LogP) is 3.37. The highest BCUT2D eigenvalue weighted by Gasteiger charge is 2.15. The molecule has 0 bridgehead atoms. The Bertz CT molecular complexity index is 1120. The average molecular weight is 426 g/mol. The summed E-state index contributed by atoms with van der Waals surface area (Å²) in [5.41, 5.74) is 7.62. The van der Waals surface area contributed by atoms with E-state index in [4.69, 9.17) is 10.5 Å². The van der Waals surface area contributed by atoms with E-state index in [1.807, 2.05) is 13.0 Å². The molecule has 0 unspecified atom stereocenters. The summed E-state index contributed by atoms with van der Waals surface area (Å²) in [5.74, 6) is 0.227. The predicted molar refractivity (Wildman–Crippen MR) is 120 cm³/mol. The Hall–Kier alpha value is -2.97. The molecule has 0 radical (unpaired) electrons. The number of ether oxygens (including phenoxy) is 1. The van der Waals surface area contributed by atoms with Crippen LogP contribution < -0.4 is 21.3 Å². The number of halogens is 1. The van der Waals surface area contributed by atoms with Gasteiger partial charge in [0.15, 0.2) is 11.6 Å². The minimum absolute atomic E-state index is 0.0276. The van der Waals surface area contributed by atoms with Gasteiger partial charge in [0.1, 0.15) is 12.4 Å². The highest BCUT2D eigenvalue weighted by Crippen LogP contribution is 2.25. The van der Waals surface area contributed by atoms with Gasteiger partial charge in [-0.3, -0.25) is 14.3 Å². The number of fused-ring (bicyclic) bond motifs is 1. The number of nitrogens with zero attached hydrogens (tertiary/aromatic N) is 3. The van der Waals surface area contributed by atoms with Gasteiger partial charge in [-0.25, -0.2) is 9.37 Å². The number of nitrogens with one attached hydrogen (secondary N) is 1. The zero-order valence-corrected chi connectivity index (χ0v) is 17.7. The summed E-state index contributed by atoms with van der Waals surface area (Å²) in [7, 11) is 0. The number of hydrogen-bond donors (Lipinski definition) is 2. The van der Waals surface area contributed by atoms with Crippen molar-refractivity contribution in [1.82, 2.24) is 14.5 Å². The van der Waals surface area contributed by atoms with Crippen molar-refractivity contribution < 1.29 is 9.13 Å². The standard InChI is InChI=1S/C23H28FN5O2/c1-16-11-23(30)29(15-28-8-3-2-4-9-28)20-13-22(26-14-18(16)20)27-17-5-6-21(19(24)12-17)31-10-7-25/h5-6,11-14H,2-4,7-10,15,25H2,1H3,(H,26,27). The smallest absolute Gasteiger partial charge is 0.252 e. The molecule has 8 heteroatoms. The number of anilines is 2. The molecule has 4 rings (SSSR count). The van der Waals surface area contributed by atoms with Crippen molar-refractivity contribution in [2.45, 2.75) is 32.9 Å². The van der Waals surface area contributed by atoms with Crippen LogP contribution in [0.4, 0.5) is 15.9 Å². The number of rotatable bonds is 7. The lowest BCUT2D eigenvalue weighted by molar-refractivity contribution is 0.183. The van der Waals surface area contributed by atoms with Crippen molar-refractivity contribution in [3.05, 3.63) is 58.3 Å². The summed E-state index contributed by atoms with van der Waals surface area (Å²) in [6.07, 6.45) is 5.31. The Morgan fingerprint density at radius 3 is 2.74 bits per heavy atom. The van der Waals surface area contributed by atoms with Crippen molar-refractivity contribution in [1.29, 1.82) is 0 Å². The molecular formula is C23H28FN5O2. The molecule has 31 heavy (non-hydrogen) atoms. The van der Waals surface area contributed by atoms with Crippen LogP contribution in [-0.4, -0.2) is 40.7 Å². The molecule has 1 aliphatic heterocycles. The number of benzene rings is 1. The van der Waals surface area contributed by atoms with E-state index in [1.165, 1.54) is 12.5 Å². The molecule has 3 heterocycles. The summed E-state index contributed by atoms with van der Waals surface area (Å²) >= 11 is 0. The topological polar surface area (TPSA) is 85.4 Å². The number of nitrogens with two attached hydrogens (primary N) is 1. The van der Waals surface area contributed by atoms with Gasteiger partial charge >= 0.3 is 0 Å². The van der Waals surface area contributed by atoms with Crippen LogP contribution in [-0.2, 0) is 6.67 Å². The van der Waals surface area contributed by atoms with Crippen molar-refractivity contribution in [3.8, 4) is 5.75 Å². The molecule has 1 saturated heterocycles. The first-order valence-corrected chi connectivity index (χ1v) is 10.7. The Kier molecular flexibility index (Phi) is 6.48. The summed E-state index contributed by atoms with van der Waals surface area (Å²) in [6, 6.07) is 8.15. The molecule has 1 aromatic carbocycles. The first kappa shape index (κ1) is 21.3. The van der Waals surface area contributed by atoms with E-state index in [9.17, 15) is 9.18 Å². The molecule has 3 N–H and O–H groups in total. The fourth-order valence-electron chi connectivity index (χ4n) is 3.96. The van der Waals surface area contributed by atoms with Gasteiger partial charge in [0.25, 0.3) is 5.56 Å². The van der Waals surface area contributed by atoms with Gasteiger partial charge in [0.05, 0.1) is 12.2 Å². The number of likely N-dealkylation sites (tertiary alicyclic amines) is 1. The third-order valence-electron chi connectivity index (χ3n) is 5.57. The molecule has 164 valence electrons. The Morgan fingerprint density at radius 1 is 1.19 bits per heavy atom. The summed E-state index contributed by atoms with van der Waals surface area (Å²) in [6.45, 7) is 5.04. The van der Waals surface area contributed by atoms with Crippen LogP contribution in [0.5, 0.6) is 5.75 Å². The van der Waals surface area contributed by atoms with E-state index in [0.29, 0.717) is 24.7 Å². The molecule has 0 spiro atoms. The number of aromatic nitrogens is 2. The number of hydrogen-bond acceptors (Lipinski definition) is 6. The SMILES string of the molecule is Cc1cc(=O)n(CN2CCCCC2)c2cc(Nc3ccc(OCCN)c(F)c3)ncc12. The quantitative estimate of drug-likeness (QED) is 0.604. The minimum Gasteiger partial charge on any atom is -0.489 e. The number of aryl methyl sites for hydroxylation is 1. The van der Waals surface area contributed by atoms with Gasteiger partial charge in [-0.15, -0.1) is 0 Å². The van der Waals surface area contributed by atoms with Crippen LogP contribution in [0, 0.1) is 12.7 Å².